The highest BCUT2D eigenvalue weighted by molar-refractivity contribution is 8.13. The molecule has 1 aromatic carbocycles. The van der Waals surface area contributed by atoms with Crippen molar-refractivity contribution in [3.63, 3.8) is 0 Å². The van der Waals surface area contributed by atoms with Gasteiger partial charge in [-0.15, -0.1) is 0 Å². The molecule has 0 N–H and O–H groups in total. The van der Waals surface area contributed by atoms with Gasteiger partial charge in [0.15, 0.2) is 0 Å². The van der Waals surface area contributed by atoms with Gasteiger partial charge in [-0.05, 0) is 24.1 Å². The zero-order valence-electron chi connectivity index (χ0n) is 8.75. The number of rotatable bonds is 3. The van der Waals surface area contributed by atoms with Gasteiger partial charge in [0.05, 0.1) is 5.56 Å². The van der Waals surface area contributed by atoms with Crippen LogP contribution in [0.3, 0.4) is 0 Å². The van der Waals surface area contributed by atoms with Crippen LogP contribution in [0.15, 0.2) is 17.0 Å². The average molecular weight is 280 g/mol. The van der Waals surface area contributed by atoms with Gasteiger partial charge in [-0.2, -0.15) is 5.26 Å². The molecule has 0 heterocycles. The summed E-state index contributed by atoms with van der Waals surface area (Å²) in [5, 5.41) is 8.79. The Kier molecular flexibility index (Phi) is 4.07. The molecule has 7 heteroatoms. The van der Waals surface area contributed by atoms with Gasteiger partial charge in [0, 0.05) is 16.2 Å². The first-order valence-electron chi connectivity index (χ1n) is 4.61. The van der Waals surface area contributed by atoms with E-state index in [1.807, 2.05) is 0 Å². The van der Waals surface area contributed by atoms with Crippen molar-refractivity contribution in [1.82, 2.24) is 0 Å². The summed E-state index contributed by atoms with van der Waals surface area (Å²) in [6.07, 6.45) is -2.59. The molecule has 1 aromatic rings. The van der Waals surface area contributed by atoms with Gasteiger partial charge in [0.25, 0.3) is 15.5 Å². The van der Waals surface area contributed by atoms with Crippen molar-refractivity contribution in [3.8, 4) is 6.07 Å². The lowest BCUT2D eigenvalue weighted by Gasteiger charge is -2.10. The van der Waals surface area contributed by atoms with Gasteiger partial charge in [-0.1, -0.05) is 6.92 Å². The number of alkyl halides is 2. The standard InChI is InChI=1S/C10H8ClF2NO2S/c1-2-6-3-7(5-14)9(17(11,15)16)8(4-6)10(12)13/h3-4,10H,2H2,1H3. The molecule has 0 radical (unpaired) electrons. The van der Waals surface area contributed by atoms with Gasteiger partial charge in [0.2, 0.25) is 0 Å². The molecule has 0 spiro atoms. The van der Waals surface area contributed by atoms with Crippen molar-refractivity contribution < 1.29 is 17.2 Å². The topological polar surface area (TPSA) is 57.9 Å². The summed E-state index contributed by atoms with van der Waals surface area (Å²) in [6.45, 7) is 1.71. The second kappa shape index (κ2) is 4.98. The molecule has 0 aliphatic carbocycles. The molecule has 17 heavy (non-hydrogen) atoms. The van der Waals surface area contributed by atoms with Crippen molar-refractivity contribution in [2.45, 2.75) is 24.7 Å². The Morgan fingerprint density at radius 2 is 2.06 bits per heavy atom. The number of nitrogens with zero attached hydrogens (tertiary/aromatic N) is 1. The van der Waals surface area contributed by atoms with Crippen LogP contribution in [0.5, 0.6) is 0 Å². The van der Waals surface area contributed by atoms with E-state index in [-0.39, 0.29) is 5.56 Å². The summed E-state index contributed by atoms with van der Waals surface area (Å²) in [4.78, 5) is -0.797. The first-order valence-corrected chi connectivity index (χ1v) is 6.92. The van der Waals surface area contributed by atoms with Crippen molar-refractivity contribution in [1.29, 1.82) is 5.26 Å². The molecule has 0 aliphatic heterocycles. The Balaban J connectivity index is 3.73. The first kappa shape index (κ1) is 13.9. The largest absolute Gasteiger partial charge is 0.265 e. The van der Waals surface area contributed by atoms with Gasteiger partial charge in [-0.3, -0.25) is 0 Å². The Morgan fingerprint density at radius 1 is 1.47 bits per heavy atom. The Labute approximate surface area is 102 Å². The fourth-order valence-corrected chi connectivity index (χ4v) is 2.75. The van der Waals surface area contributed by atoms with Crippen molar-refractivity contribution in [2.75, 3.05) is 0 Å². The highest BCUT2D eigenvalue weighted by atomic mass is 35.7. The van der Waals surface area contributed by atoms with Crippen LogP contribution in [-0.2, 0) is 15.5 Å². The molecule has 92 valence electrons. The van der Waals surface area contributed by atoms with E-state index in [9.17, 15) is 17.2 Å². The Bertz CT molecular complexity index is 579. The molecule has 0 unspecified atom stereocenters. The molecule has 0 amide bonds. The minimum Gasteiger partial charge on any atom is -0.207 e. The normalized spacial score (nSPS) is 11.5. The molecule has 1 rings (SSSR count). The van der Waals surface area contributed by atoms with Gasteiger partial charge < -0.3 is 0 Å². The van der Waals surface area contributed by atoms with E-state index in [1.54, 1.807) is 13.0 Å². The van der Waals surface area contributed by atoms with E-state index >= 15 is 0 Å². The molecule has 0 saturated carbocycles. The minimum atomic E-state index is -4.38. The maximum atomic E-state index is 12.8. The number of hydrogen-bond acceptors (Lipinski definition) is 3. The van der Waals surface area contributed by atoms with Crippen molar-refractivity contribution >= 4 is 19.7 Å². The SMILES string of the molecule is CCc1cc(C#N)c(S(=O)(=O)Cl)c(C(F)F)c1. The van der Waals surface area contributed by atoms with Crippen LogP contribution in [-0.4, -0.2) is 8.42 Å². The molecule has 3 nitrogen and oxygen atoms in total. The van der Waals surface area contributed by atoms with Gasteiger partial charge in [0.1, 0.15) is 11.0 Å². The summed E-state index contributed by atoms with van der Waals surface area (Å²) >= 11 is 0. The third-order valence-corrected chi connectivity index (χ3v) is 3.59. The second-order valence-electron chi connectivity index (χ2n) is 3.27. The maximum absolute atomic E-state index is 12.8. The van der Waals surface area contributed by atoms with Crippen LogP contribution in [0.25, 0.3) is 0 Å². The van der Waals surface area contributed by atoms with Crippen LogP contribution in [0, 0.1) is 11.3 Å². The van der Waals surface area contributed by atoms with Crippen LogP contribution in [0.1, 0.15) is 30.0 Å². The molecule has 0 atom stereocenters. The van der Waals surface area contributed by atoms with Crippen molar-refractivity contribution in [2.24, 2.45) is 0 Å². The molecular formula is C10H8ClF2NO2S. The smallest absolute Gasteiger partial charge is 0.207 e. The zero-order valence-corrected chi connectivity index (χ0v) is 10.3. The van der Waals surface area contributed by atoms with E-state index in [2.05, 4.69) is 0 Å². The molecule has 0 aromatic heterocycles. The van der Waals surface area contributed by atoms with Crippen molar-refractivity contribution in [3.05, 3.63) is 28.8 Å². The quantitative estimate of drug-likeness (QED) is 0.799. The molecule has 0 saturated heterocycles. The maximum Gasteiger partial charge on any atom is 0.265 e. The Morgan fingerprint density at radius 3 is 2.41 bits per heavy atom. The highest BCUT2D eigenvalue weighted by Gasteiger charge is 2.26. The van der Waals surface area contributed by atoms with Crippen LogP contribution >= 0.6 is 10.7 Å². The van der Waals surface area contributed by atoms with Gasteiger partial charge in [-0.25, -0.2) is 17.2 Å². The average Bonchev–Trinajstić information content (AvgIpc) is 2.25. The predicted octanol–water partition coefficient (Wildman–Crippen LogP) is 2.99. The summed E-state index contributed by atoms with van der Waals surface area (Å²) in [5.74, 6) is 0. The lowest BCUT2D eigenvalue weighted by Crippen LogP contribution is -2.04. The fourth-order valence-electron chi connectivity index (χ4n) is 1.43. The molecule has 0 aliphatic rings. The van der Waals surface area contributed by atoms with E-state index in [4.69, 9.17) is 15.9 Å². The monoisotopic (exact) mass is 279 g/mol. The second-order valence-corrected chi connectivity index (χ2v) is 5.77. The summed E-state index contributed by atoms with van der Waals surface area (Å²) in [6, 6.07) is 3.88. The number of benzene rings is 1. The number of aryl methyl sites for hydroxylation is 1. The lowest BCUT2D eigenvalue weighted by molar-refractivity contribution is 0.148. The fraction of sp³-hybridized carbons (Fsp3) is 0.300. The van der Waals surface area contributed by atoms with Gasteiger partial charge >= 0.3 is 0 Å². The first-order chi connectivity index (χ1) is 7.81. The predicted molar refractivity (Wildman–Crippen MR) is 58.5 cm³/mol. The van der Waals surface area contributed by atoms with Crippen LogP contribution < -0.4 is 0 Å². The van der Waals surface area contributed by atoms with E-state index in [0.29, 0.717) is 12.0 Å². The third-order valence-electron chi connectivity index (χ3n) is 2.19. The Hall–Kier alpha value is -1.19. The lowest BCUT2D eigenvalue weighted by atomic mass is 10.0. The van der Waals surface area contributed by atoms with E-state index < -0.39 is 25.9 Å². The minimum absolute atomic E-state index is 0.352. The molecule has 0 fully saturated rings. The molecular weight excluding hydrogens is 272 g/mol. The summed E-state index contributed by atoms with van der Waals surface area (Å²) in [5.41, 5.74) is -0.619. The van der Waals surface area contributed by atoms with Crippen LogP contribution in [0.2, 0.25) is 0 Å². The molecule has 0 bridgehead atoms. The third kappa shape index (κ3) is 2.93. The summed E-state index contributed by atoms with van der Waals surface area (Å²) < 4.78 is 48.0. The van der Waals surface area contributed by atoms with E-state index in [0.717, 1.165) is 6.07 Å². The summed E-state index contributed by atoms with van der Waals surface area (Å²) in [7, 11) is 0.699. The number of hydrogen-bond donors (Lipinski definition) is 0. The van der Waals surface area contributed by atoms with Crippen LogP contribution in [0.4, 0.5) is 8.78 Å². The zero-order chi connectivity index (χ0) is 13.2. The highest BCUT2D eigenvalue weighted by Crippen LogP contribution is 2.32. The number of halogens is 3. The number of nitriles is 1. The van der Waals surface area contributed by atoms with E-state index in [1.165, 1.54) is 6.07 Å².